The Morgan fingerprint density at radius 1 is 1.02 bits per heavy atom. The fourth-order valence-corrected chi connectivity index (χ4v) is 7.98. The number of phenolic OH excluding ortho intramolecular Hbond substituents is 1. The van der Waals surface area contributed by atoms with Crippen molar-refractivity contribution in [3.05, 3.63) is 59.8 Å². The maximum Gasteiger partial charge on any atom is 0.157 e. The van der Waals surface area contributed by atoms with Crippen molar-refractivity contribution in [1.82, 2.24) is 9.88 Å². The van der Waals surface area contributed by atoms with E-state index in [0.29, 0.717) is 45.7 Å². The lowest BCUT2D eigenvalue weighted by Crippen LogP contribution is -2.43. The summed E-state index contributed by atoms with van der Waals surface area (Å²) in [6.07, 6.45) is 14.3. The zero-order valence-corrected chi connectivity index (χ0v) is 25.5. The minimum atomic E-state index is -0.581. The third-order valence-corrected chi connectivity index (χ3v) is 10.2. The molecule has 3 aliphatic rings. The smallest absolute Gasteiger partial charge is 0.157 e. The number of pyridine rings is 1. The minimum Gasteiger partial charge on any atom is -0.508 e. The molecule has 1 aromatic heterocycles. The van der Waals surface area contributed by atoms with Crippen LogP contribution in [0, 0.1) is 35.8 Å². The van der Waals surface area contributed by atoms with Crippen LogP contribution in [0.5, 0.6) is 11.5 Å². The van der Waals surface area contributed by atoms with Crippen LogP contribution >= 0.6 is 0 Å². The summed E-state index contributed by atoms with van der Waals surface area (Å²) < 4.78 is 38.3. The van der Waals surface area contributed by atoms with Gasteiger partial charge in [-0.25, -0.2) is 8.78 Å². The number of hydrogen-bond donors (Lipinski definition) is 1. The van der Waals surface area contributed by atoms with Crippen molar-refractivity contribution >= 4 is 27.2 Å². The zero-order chi connectivity index (χ0) is 30.6. The second-order valence-electron chi connectivity index (χ2n) is 13.4. The monoisotopic (exact) mass is 595 g/mol. The molecule has 0 saturated carbocycles. The molecule has 0 bridgehead atoms. The molecule has 7 rings (SSSR count). The maximum absolute atomic E-state index is 16.9. The Hall–Kier alpha value is -3.89. The number of aromatic nitrogens is 1. The normalized spacial score (nSPS) is 21.8. The number of rotatable bonds is 5. The summed E-state index contributed by atoms with van der Waals surface area (Å²) in [4.78, 5) is 9.54. The van der Waals surface area contributed by atoms with Crippen LogP contribution in [0.1, 0.15) is 57.9 Å². The summed E-state index contributed by atoms with van der Waals surface area (Å²) in [5, 5.41) is 12.5. The van der Waals surface area contributed by atoms with Gasteiger partial charge in [0.25, 0.3) is 0 Å². The molecule has 2 atom stereocenters. The molecule has 4 heterocycles. The minimum absolute atomic E-state index is 0.0116. The summed E-state index contributed by atoms with van der Waals surface area (Å²) in [7, 11) is 0. The number of anilines is 1. The van der Waals surface area contributed by atoms with Crippen LogP contribution < -0.4 is 9.64 Å². The average molecular weight is 596 g/mol. The number of hydrogen-bond acceptors (Lipinski definition) is 5. The van der Waals surface area contributed by atoms with Crippen LogP contribution in [0.15, 0.2) is 42.6 Å². The molecule has 228 valence electrons. The summed E-state index contributed by atoms with van der Waals surface area (Å²) in [5.74, 6) is 2.84. The lowest BCUT2D eigenvalue weighted by Gasteiger charge is -2.32. The van der Waals surface area contributed by atoms with Crippen molar-refractivity contribution in [1.29, 1.82) is 0 Å². The molecular formula is C37H39F2N3O2. The van der Waals surface area contributed by atoms with Gasteiger partial charge in [-0.1, -0.05) is 25.8 Å². The summed E-state index contributed by atoms with van der Waals surface area (Å²) in [5.41, 5.74) is 1.25. The van der Waals surface area contributed by atoms with Crippen molar-refractivity contribution in [2.45, 2.75) is 57.9 Å². The largest absolute Gasteiger partial charge is 0.508 e. The van der Waals surface area contributed by atoms with Crippen molar-refractivity contribution in [3.63, 3.8) is 0 Å². The molecule has 3 fully saturated rings. The van der Waals surface area contributed by atoms with Gasteiger partial charge in [-0.05, 0) is 93.1 Å². The molecule has 7 heteroatoms. The van der Waals surface area contributed by atoms with Gasteiger partial charge < -0.3 is 14.7 Å². The van der Waals surface area contributed by atoms with Crippen LogP contribution in [0.2, 0.25) is 0 Å². The number of aromatic hydroxyl groups is 1. The Bertz CT molecular complexity index is 1780. The van der Waals surface area contributed by atoms with Gasteiger partial charge in [0.1, 0.15) is 29.6 Å². The highest BCUT2D eigenvalue weighted by Gasteiger charge is 2.44. The SMILES string of the molecule is C#Cc1c(F)ccc2cc(O)cc(-c3ncc4c(N5CC(C)CCC(C)C5)cc(OCC56CCCN5CCC6)cc4c3F)c12. The van der Waals surface area contributed by atoms with Crippen LogP contribution in [-0.2, 0) is 0 Å². The summed E-state index contributed by atoms with van der Waals surface area (Å²) in [6.45, 7) is 9.07. The van der Waals surface area contributed by atoms with Gasteiger partial charge in [-0.3, -0.25) is 9.88 Å². The van der Waals surface area contributed by atoms with E-state index >= 15 is 4.39 Å². The Morgan fingerprint density at radius 2 is 1.75 bits per heavy atom. The third kappa shape index (κ3) is 4.94. The Morgan fingerprint density at radius 3 is 2.45 bits per heavy atom. The first-order valence-electron chi connectivity index (χ1n) is 15.9. The van der Waals surface area contributed by atoms with E-state index < -0.39 is 11.6 Å². The molecule has 0 amide bonds. The van der Waals surface area contributed by atoms with Crippen molar-refractivity contribution in [2.75, 3.05) is 37.7 Å². The van der Waals surface area contributed by atoms with Gasteiger partial charge in [0.2, 0.25) is 0 Å². The van der Waals surface area contributed by atoms with Gasteiger partial charge >= 0.3 is 0 Å². The fourth-order valence-electron chi connectivity index (χ4n) is 7.98. The van der Waals surface area contributed by atoms with E-state index in [1.165, 1.54) is 37.1 Å². The van der Waals surface area contributed by atoms with Crippen LogP contribution in [0.4, 0.5) is 14.5 Å². The molecular weight excluding hydrogens is 556 g/mol. The van der Waals surface area contributed by atoms with Gasteiger partial charge in [-0.15, -0.1) is 6.42 Å². The molecule has 5 nitrogen and oxygen atoms in total. The third-order valence-electron chi connectivity index (χ3n) is 10.2. The summed E-state index contributed by atoms with van der Waals surface area (Å²) in [6, 6.07) is 9.55. The zero-order valence-electron chi connectivity index (χ0n) is 25.5. The highest BCUT2D eigenvalue weighted by molar-refractivity contribution is 6.04. The quantitative estimate of drug-likeness (QED) is 0.238. The van der Waals surface area contributed by atoms with Gasteiger partial charge in [-0.2, -0.15) is 0 Å². The average Bonchev–Trinajstić information content (AvgIpc) is 3.54. The van der Waals surface area contributed by atoms with Crippen molar-refractivity contribution < 1.29 is 18.6 Å². The predicted molar refractivity (Wildman–Crippen MR) is 172 cm³/mol. The Kier molecular flexibility index (Phi) is 7.37. The number of terminal acetylenes is 1. The highest BCUT2D eigenvalue weighted by atomic mass is 19.1. The number of phenols is 1. The first kappa shape index (κ1) is 28.9. The molecule has 3 saturated heterocycles. The van der Waals surface area contributed by atoms with Gasteiger partial charge in [0.15, 0.2) is 5.82 Å². The van der Waals surface area contributed by atoms with Crippen LogP contribution in [0.3, 0.4) is 0 Å². The molecule has 3 aromatic carbocycles. The predicted octanol–water partition coefficient (Wildman–Crippen LogP) is 7.90. The van der Waals surface area contributed by atoms with E-state index in [-0.39, 0.29) is 28.1 Å². The highest BCUT2D eigenvalue weighted by Crippen LogP contribution is 2.43. The van der Waals surface area contributed by atoms with Crippen LogP contribution in [-0.4, -0.2) is 53.3 Å². The van der Waals surface area contributed by atoms with Crippen molar-refractivity contribution in [2.24, 2.45) is 11.8 Å². The second kappa shape index (κ2) is 11.2. The van der Waals surface area contributed by atoms with Crippen LogP contribution in [0.25, 0.3) is 32.8 Å². The fraction of sp³-hybridized carbons (Fsp3) is 0.432. The number of nitrogens with zero attached hydrogens (tertiary/aromatic N) is 3. The van der Waals surface area contributed by atoms with E-state index in [2.05, 4.69) is 40.6 Å². The molecule has 0 aliphatic carbocycles. The number of fused-ring (bicyclic) bond motifs is 3. The van der Waals surface area contributed by atoms with E-state index in [9.17, 15) is 9.50 Å². The molecule has 3 aliphatic heterocycles. The molecule has 0 radical (unpaired) electrons. The lowest BCUT2D eigenvalue weighted by atomic mass is 9.95. The van der Waals surface area contributed by atoms with Gasteiger partial charge in [0, 0.05) is 52.8 Å². The van der Waals surface area contributed by atoms with Gasteiger partial charge in [0.05, 0.1) is 11.1 Å². The first-order valence-corrected chi connectivity index (χ1v) is 15.9. The standard InChI is InChI=1S/C37H39F2N3O2/c1-4-28-32(38)10-9-25-15-26(43)16-30(34(25)28)36-35(39)29-17-27(44-22-37-11-5-13-42(37)14-6-12-37)18-33(31(29)19-40-36)41-20-23(2)7-8-24(3)21-41/h1,9-10,15-19,23-24,43H,5-8,11-14,20-22H2,2-3H3. The summed E-state index contributed by atoms with van der Waals surface area (Å²) >= 11 is 0. The molecule has 2 unspecified atom stereocenters. The number of halogens is 2. The Labute approximate surface area is 257 Å². The molecule has 44 heavy (non-hydrogen) atoms. The van der Waals surface area contributed by atoms with E-state index in [1.807, 2.05) is 0 Å². The molecule has 1 N–H and O–H groups in total. The maximum atomic E-state index is 16.9. The second-order valence-corrected chi connectivity index (χ2v) is 13.4. The molecule has 4 aromatic rings. The van der Waals surface area contributed by atoms with E-state index in [4.69, 9.17) is 11.2 Å². The number of ether oxygens (including phenoxy) is 1. The Balaban J connectivity index is 1.40. The van der Waals surface area contributed by atoms with Crippen molar-refractivity contribution in [3.8, 4) is 35.1 Å². The van der Waals surface area contributed by atoms with E-state index in [0.717, 1.165) is 57.5 Å². The number of benzene rings is 3. The topological polar surface area (TPSA) is 48.8 Å². The lowest BCUT2D eigenvalue weighted by molar-refractivity contribution is 0.114. The first-order chi connectivity index (χ1) is 21.3. The van der Waals surface area contributed by atoms with E-state index in [1.54, 1.807) is 12.3 Å². The molecule has 0 spiro atoms.